The lowest BCUT2D eigenvalue weighted by atomic mass is 9.96. The summed E-state index contributed by atoms with van der Waals surface area (Å²) in [6, 6.07) is 1.43. The molecule has 0 spiro atoms. The number of aromatic nitrogens is 2. The molecule has 22 heavy (non-hydrogen) atoms. The van der Waals surface area contributed by atoms with Crippen LogP contribution in [0.15, 0.2) is 23.9 Å². The number of allylic oxidation sites excluding steroid dienone is 1. The molecule has 1 aliphatic heterocycles. The van der Waals surface area contributed by atoms with Crippen LogP contribution in [-0.4, -0.2) is 40.1 Å². The SMILES string of the molecule is CNC(=O)C1CN(C(=O)CC2=CCCCC2)Cc2ccnn21. The zero-order valence-corrected chi connectivity index (χ0v) is 12.9. The molecule has 2 aliphatic rings. The summed E-state index contributed by atoms with van der Waals surface area (Å²) in [5, 5.41) is 6.88. The highest BCUT2D eigenvalue weighted by atomic mass is 16.2. The van der Waals surface area contributed by atoms with Crippen molar-refractivity contribution in [1.29, 1.82) is 0 Å². The summed E-state index contributed by atoms with van der Waals surface area (Å²) >= 11 is 0. The Balaban J connectivity index is 1.74. The van der Waals surface area contributed by atoms with Crippen LogP contribution in [0.1, 0.15) is 43.8 Å². The second kappa shape index (κ2) is 6.34. The Hall–Kier alpha value is -2.11. The Morgan fingerprint density at radius 2 is 2.27 bits per heavy atom. The largest absolute Gasteiger partial charge is 0.357 e. The standard InChI is InChI=1S/C16H22N4O2/c1-17-16(22)14-11-19(10-13-7-8-18-20(13)14)15(21)9-12-5-3-2-4-6-12/h5,7-8,14H,2-4,6,9-11H2,1H3,(H,17,22). The highest BCUT2D eigenvalue weighted by Gasteiger charge is 2.32. The molecule has 0 fully saturated rings. The van der Waals surface area contributed by atoms with Crippen LogP contribution in [0.2, 0.25) is 0 Å². The normalized spacial score (nSPS) is 21.0. The lowest BCUT2D eigenvalue weighted by Gasteiger charge is -2.33. The lowest BCUT2D eigenvalue weighted by Crippen LogP contribution is -2.46. The van der Waals surface area contributed by atoms with Gasteiger partial charge in [-0.3, -0.25) is 14.3 Å². The first-order chi connectivity index (χ1) is 10.7. The van der Waals surface area contributed by atoms with E-state index in [0.29, 0.717) is 19.5 Å². The van der Waals surface area contributed by atoms with Crippen molar-refractivity contribution in [3.8, 4) is 0 Å². The molecule has 6 nitrogen and oxygen atoms in total. The van der Waals surface area contributed by atoms with Gasteiger partial charge in [-0.15, -0.1) is 0 Å². The highest BCUT2D eigenvalue weighted by Crippen LogP contribution is 2.24. The fourth-order valence-electron chi connectivity index (χ4n) is 3.22. The van der Waals surface area contributed by atoms with Gasteiger partial charge in [-0.1, -0.05) is 11.6 Å². The first-order valence-corrected chi connectivity index (χ1v) is 7.88. The molecule has 0 bridgehead atoms. The minimum atomic E-state index is -0.437. The molecule has 1 aromatic heterocycles. The van der Waals surface area contributed by atoms with E-state index in [2.05, 4.69) is 16.5 Å². The maximum Gasteiger partial charge on any atom is 0.246 e. The Morgan fingerprint density at radius 1 is 1.41 bits per heavy atom. The molecule has 1 aromatic rings. The number of carbonyl (C=O) groups is 2. The molecule has 1 unspecified atom stereocenters. The molecule has 2 heterocycles. The van der Waals surface area contributed by atoms with E-state index in [0.717, 1.165) is 18.5 Å². The van der Waals surface area contributed by atoms with Gasteiger partial charge in [-0.05, 0) is 31.7 Å². The summed E-state index contributed by atoms with van der Waals surface area (Å²) in [5.74, 6) is -0.00571. The van der Waals surface area contributed by atoms with E-state index < -0.39 is 6.04 Å². The van der Waals surface area contributed by atoms with Crippen LogP contribution in [0.5, 0.6) is 0 Å². The van der Waals surface area contributed by atoms with Crippen molar-refractivity contribution in [1.82, 2.24) is 20.0 Å². The van der Waals surface area contributed by atoms with Gasteiger partial charge in [-0.2, -0.15) is 5.10 Å². The summed E-state index contributed by atoms with van der Waals surface area (Å²) in [7, 11) is 1.61. The summed E-state index contributed by atoms with van der Waals surface area (Å²) in [6.45, 7) is 0.917. The van der Waals surface area contributed by atoms with Gasteiger partial charge < -0.3 is 10.2 Å². The average molecular weight is 302 g/mol. The zero-order valence-electron chi connectivity index (χ0n) is 12.9. The van der Waals surface area contributed by atoms with E-state index in [1.807, 2.05) is 6.07 Å². The van der Waals surface area contributed by atoms with Gasteiger partial charge >= 0.3 is 0 Å². The smallest absolute Gasteiger partial charge is 0.246 e. The van der Waals surface area contributed by atoms with Gasteiger partial charge in [0.25, 0.3) is 0 Å². The topological polar surface area (TPSA) is 67.2 Å². The van der Waals surface area contributed by atoms with Crippen molar-refractivity contribution in [3.05, 3.63) is 29.6 Å². The Kier molecular flexibility index (Phi) is 4.27. The van der Waals surface area contributed by atoms with E-state index >= 15 is 0 Å². The van der Waals surface area contributed by atoms with Gasteiger partial charge in [0.1, 0.15) is 6.04 Å². The van der Waals surface area contributed by atoms with Crippen molar-refractivity contribution >= 4 is 11.8 Å². The minimum absolute atomic E-state index is 0.106. The van der Waals surface area contributed by atoms with E-state index in [-0.39, 0.29) is 11.8 Å². The molecule has 1 N–H and O–H groups in total. The van der Waals surface area contributed by atoms with Gasteiger partial charge in [0.15, 0.2) is 0 Å². The van der Waals surface area contributed by atoms with Gasteiger partial charge in [0.2, 0.25) is 11.8 Å². The molecule has 1 aliphatic carbocycles. The fraction of sp³-hybridized carbons (Fsp3) is 0.562. The van der Waals surface area contributed by atoms with Crippen LogP contribution in [0.25, 0.3) is 0 Å². The fourth-order valence-corrected chi connectivity index (χ4v) is 3.22. The Labute approximate surface area is 130 Å². The molecule has 0 saturated carbocycles. The first kappa shape index (κ1) is 14.8. The molecule has 3 rings (SSSR count). The molecule has 118 valence electrons. The van der Waals surface area contributed by atoms with E-state index in [4.69, 9.17) is 0 Å². The second-order valence-electron chi connectivity index (χ2n) is 5.96. The van der Waals surface area contributed by atoms with Crippen LogP contribution in [-0.2, 0) is 16.1 Å². The maximum absolute atomic E-state index is 12.6. The third-order valence-corrected chi connectivity index (χ3v) is 4.46. The number of likely N-dealkylation sites (N-methyl/N-ethyl adjacent to an activating group) is 1. The van der Waals surface area contributed by atoms with Crippen LogP contribution in [0.3, 0.4) is 0 Å². The van der Waals surface area contributed by atoms with Crippen molar-refractivity contribution in [2.75, 3.05) is 13.6 Å². The third-order valence-electron chi connectivity index (χ3n) is 4.46. The zero-order chi connectivity index (χ0) is 15.5. The minimum Gasteiger partial charge on any atom is -0.357 e. The number of amides is 2. The summed E-state index contributed by atoms with van der Waals surface area (Å²) in [6.07, 6.45) is 8.86. The Morgan fingerprint density at radius 3 is 3.00 bits per heavy atom. The molecule has 0 saturated heterocycles. The molecular formula is C16H22N4O2. The van der Waals surface area contributed by atoms with Crippen LogP contribution in [0.4, 0.5) is 0 Å². The summed E-state index contributed by atoms with van der Waals surface area (Å²) < 4.78 is 1.72. The predicted octanol–water partition coefficient (Wildman–Crippen LogP) is 1.40. The average Bonchev–Trinajstić information content (AvgIpc) is 3.02. The van der Waals surface area contributed by atoms with Gasteiger partial charge in [-0.25, -0.2) is 0 Å². The molecule has 1 atom stereocenters. The Bertz CT molecular complexity index is 605. The number of hydrogen-bond donors (Lipinski definition) is 1. The molecular weight excluding hydrogens is 280 g/mol. The molecule has 0 aromatic carbocycles. The van der Waals surface area contributed by atoms with Gasteiger partial charge in [0.05, 0.1) is 18.8 Å². The first-order valence-electron chi connectivity index (χ1n) is 7.88. The highest BCUT2D eigenvalue weighted by molar-refractivity contribution is 5.83. The third kappa shape index (κ3) is 2.91. The van der Waals surface area contributed by atoms with Crippen molar-refractivity contribution in [2.45, 2.75) is 44.7 Å². The number of rotatable bonds is 3. The van der Waals surface area contributed by atoms with Gasteiger partial charge in [0, 0.05) is 19.7 Å². The monoisotopic (exact) mass is 302 g/mol. The van der Waals surface area contributed by atoms with Crippen LogP contribution in [0, 0.1) is 0 Å². The van der Waals surface area contributed by atoms with Crippen LogP contribution >= 0.6 is 0 Å². The summed E-state index contributed by atoms with van der Waals surface area (Å²) in [5.41, 5.74) is 2.15. The van der Waals surface area contributed by atoms with E-state index in [1.54, 1.807) is 22.8 Å². The number of nitrogens with one attached hydrogen (secondary N) is 1. The number of hydrogen-bond acceptors (Lipinski definition) is 3. The lowest BCUT2D eigenvalue weighted by molar-refractivity contribution is -0.134. The van der Waals surface area contributed by atoms with Crippen molar-refractivity contribution in [3.63, 3.8) is 0 Å². The number of fused-ring (bicyclic) bond motifs is 1. The maximum atomic E-state index is 12.6. The molecule has 2 amide bonds. The second-order valence-corrected chi connectivity index (χ2v) is 5.96. The van der Waals surface area contributed by atoms with E-state index in [9.17, 15) is 9.59 Å². The number of nitrogens with zero attached hydrogens (tertiary/aromatic N) is 3. The van der Waals surface area contributed by atoms with Crippen LogP contribution < -0.4 is 5.32 Å². The summed E-state index contributed by atoms with van der Waals surface area (Å²) in [4.78, 5) is 26.4. The molecule has 6 heteroatoms. The number of carbonyl (C=O) groups excluding carboxylic acids is 2. The quantitative estimate of drug-likeness (QED) is 0.858. The van der Waals surface area contributed by atoms with E-state index in [1.165, 1.54) is 18.4 Å². The molecule has 0 radical (unpaired) electrons. The van der Waals surface area contributed by atoms with Crippen molar-refractivity contribution in [2.24, 2.45) is 0 Å². The predicted molar refractivity (Wildman–Crippen MR) is 81.9 cm³/mol. The van der Waals surface area contributed by atoms with Crippen molar-refractivity contribution < 1.29 is 9.59 Å².